The third-order valence-corrected chi connectivity index (χ3v) is 3.11. The minimum absolute atomic E-state index is 0.282. The van der Waals surface area contributed by atoms with Crippen LogP contribution in [0.4, 0.5) is 0 Å². The fraction of sp³-hybridized carbons (Fsp3) is 0.714. The summed E-state index contributed by atoms with van der Waals surface area (Å²) in [6.07, 6.45) is -4.26. The summed E-state index contributed by atoms with van der Waals surface area (Å²) >= 11 is 0. The number of hydrogen-bond donors (Lipinski definition) is 1. The largest absolute Gasteiger partial charge is 0.463 e. The molecule has 2 unspecified atom stereocenters. The van der Waals surface area contributed by atoms with Crippen LogP contribution >= 0.6 is 0 Å². The molecule has 1 aliphatic rings. The molecule has 136 valence electrons. The fourth-order valence-electron chi connectivity index (χ4n) is 2.25. The summed E-state index contributed by atoms with van der Waals surface area (Å²) in [5.41, 5.74) is 3.78. The Morgan fingerprint density at radius 3 is 1.79 bits per heavy atom. The molecular formula is C14H22NO9+. The molecule has 1 heterocycles. The van der Waals surface area contributed by atoms with E-state index >= 15 is 0 Å². The van der Waals surface area contributed by atoms with E-state index in [-0.39, 0.29) is 6.61 Å². The number of esters is 4. The van der Waals surface area contributed by atoms with Gasteiger partial charge in [0.25, 0.3) is 6.29 Å². The van der Waals surface area contributed by atoms with Crippen molar-refractivity contribution in [1.29, 1.82) is 0 Å². The minimum Gasteiger partial charge on any atom is -0.463 e. The van der Waals surface area contributed by atoms with Crippen molar-refractivity contribution in [2.75, 3.05) is 6.61 Å². The Balaban J connectivity index is 3.08. The maximum atomic E-state index is 11.4. The van der Waals surface area contributed by atoms with Gasteiger partial charge in [0.2, 0.25) is 0 Å². The zero-order chi connectivity index (χ0) is 18.4. The standard InChI is InChI=1S/C14H21NO9/c1-6(16)20-5-10-12(21-7(2)17)13(22-8(3)18)11(15)14(24-10)23-9(4)19/h10-14H,5,15H2,1-4H3/p+1/t10?,11?,12-,13-,14-/m1/s1. The predicted molar refractivity (Wildman–Crippen MR) is 74.8 cm³/mol. The van der Waals surface area contributed by atoms with Gasteiger partial charge in [-0.15, -0.1) is 0 Å². The van der Waals surface area contributed by atoms with Gasteiger partial charge in [0, 0.05) is 27.7 Å². The Bertz CT molecular complexity index is 490. The van der Waals surface area contributed by atoms with Gasteiger partial charge in [-0.05, 0) is 0 Å². The van der Waals surface area contributed by atoms with Crippen LogP contribution in [0.3, 0.4) is 0 Å². The highest BCUT2D eigenvalue weighted by Gasteiger charge is 2.52. The minimum atomic E-state index is -1.15. The SMILES string of the molecule is CC(=O)OCC1O[C@@H](OC(C)=O)C([NH3+])[C@@H](OC(C)=O)[C@@H]1OC(C)=O. The average molecular weight is 348 g/mol. The van der Waals surface area contributed by atoms with E-state index in [0.717, 1.165) is 0 Å². The van der Waals surface area contributed by atoms with E-state index in [1.807, 2.05) is 0 Å². The molecule has 10 heteroatoms. The van der Waals surface area contributed by atoms with Crippen LogP contribution in [-0.2, 0) is 42.9 Å². The number of carbonyl (C=O) groups is 4. The van der Waals surface area contributed by atoms with Gasteiger partial charge in [-0.25, -0.2) is 0 Å². The Kier molecular flexibility index (Phi) is 7.11. The number of hydrogen-bond acceptors (Lipinski definition) is 9. The molecule has 0 aromatic heterocycles. The Morgan fingerprint density at radius 1 is 0.833 bits per heavy atom. The van der Waals surface area contributed by atoms with Crippen LogP contribution in [0.15, 0.2) is 0 Å². The normalized spacial score (nSPS) is 29.3. The number of ether oxygens (including phenoxy) is 5. The third-order valence-electron chi connectivity index (χ3n) is 3.11. The van der Waals surface area contributed by atoms with Crippen molar-refractivity contribution in [3.8, 4) is 0 Å². The monoisotopic (exact) mass is 348 g/mol. The molecule has 0 radical (unpaired) electrons. The highest BCUT2D eigenvalue weighted by atomic mass is 16.7. The molecule has 1 rings (SSSR count). The summed E-state index contributed by atoms with van der Waals surface area (Å²) in [6.45, 7) is 4.44. The van der Waals surface area contributed by atoms with Gasteiger partial charge >= 0.3 is 23.9 Å². The van der Waals surface area contributed by atoms with E-state index < -0.39 is 54.5 Å². The van der Waals surface area contributed by atoms with Crippen LogP contribution in [0.2, 0.25) is 0 Å². The van der Waals surface area contributed by atoms with Crippen LogP contribution in [0, 0.1) is 0 Å². The smallest absolute Gasteiger partial charge is 0.305 e. The zero-order valence-corrected chi connectivity index (χ0v) is 14.0. The highest BCUT2D eigenvalue weighted by molar-refractivity contribution is 5.68. The van der Waals surface area contributed by atoms with Gasteiger partial charge in [-0.1, -0.05) is 0 Å². The first-order valence-electron chi connectivity index (χ1n) is 7.25. The summed E-state index contributed by atoms with van der Waals surface area (Å²) in [5, 5.41) is 0. The van der Waals surface area contributed by atoms with Crippen molar-refractivity contribution in [2.45, 2.75) is 58.3 Å². The lowest BCUT2D eigenvalue weighted by Crippen LogP contribution is -2.79. The number of quaternary nitrogens is 1. The molecule has 1 saturated heterocycles. The number of carbonyl (C=O) groups excluding carboxylic acids is 4. The van der Waals surface area contributed by atoms with Gasteiger partial charge in [-0.2, -0.15) is 0 Å². The second-order valence-electron chi connectivity index (χ2n) is 5.27. The van der Waals surface area contributed by atoms with E-state index in [9.17, 15) is 19.2 Å². The quantitative estimate of drug-likeness (QED) is 0.455. The van der Waals surface area contributed by atoms with Gasteiger partial charge in [0.05, 0.1) is 0 Å². The van der Waals surface area contributed by atoms with Gasteiger partial charge in [-0.3, -0.25) is 19.2 Å². The second kappa shape index (κ2) is 8.60. The molecule has 1 fully saturated rings. The van der Waals surface area contributed by atoms with Crippen LogP contribution < -0.4 is 5.73 Å². The van der Waals surface area contributed by atoms with Crippen molar-refractivity contribution >= 4 is 23.9 Å². The van der Waals surface area contributed by atoms with Crippen molar-refractivity contribution in [1.82, 2.24) is 0 Å². The maximum absolute atomic E-state index is 11.4. The summed E-state index contributed by atoms with van der Waals surface area (Å²) in [6, 6.07) is -0.851. The lowest BCUT2D eigenvalue weighted by Gasteiger charge is -2.41. The zero-order valence-electron chi connectivity index (χ0n) is 14.0. The lowest BCUT2D eigenvalue weighted by atomic mass is 9.97. The fourth-order valence-corrected chi connectivity index (χ4v) is 2.25. The molecule has 0 aromatic carbocycles. The summed E-state index contributed by atoms with van der Waals surface area (Å²) < 4.78 is 25.8. The molecule has 0 amide bonds. The lowest BCUT2D eigenvalue weighted by molar-refractivity contribution is -0.496. The molecule has 0 saturated carbocycles. The Labute approximate surface area is 138 Å². The first-order valence-corrected chi connectivity index (χ1v) is 7.25. The first kappa shape index (κ1) is 19.8. The second-order valence-corrected chi connectivity index (χ2v) is 5.27. The van der Waals surface area contributed by atoms with E-state index in [4.69, 9.17) is 23.7 Å². The molecule has 3 N–H and O–H groups in total. The molecule has 10 nitrogen and oxygen atoms in total. The first-order chi connectivity index (χ1) is 11.1. The molecule has 0 spiro atoms. The maximum Gasteiger partial charge on any atom is 0.305 e. The van der Waals surface area contributed by atoms with Crippen molar-refractivity contribution < 1.29 is 48.6 Å². The Hall–Kier alpha value is -2.20. The van der Waals surface area contributed by atoms with Gasteiger partial charge in [0.1, 0.15) is 12.7 Å². The van der Waals surface area contributed by atoms with E-state index in [0.29, 0.717) is 0 Å². The van der Waals surface area contributed by atoms with E-state index in [1.165, 1.54) is 27.7 Å². The summed E-state index contributed by atoms with van der Waals surface area (Å²) in [7, 11) is 0. The topological polar surface area (TPSA) is 142 Å². The average Bonchev–Trinajstić information content (AvgIpc) is 2.42. The number of rotatable bonds is 5. The Morgan fingerprint density at radius 2 is 1.33 bits per heavy atom. The van der Waals surface area contributed by atoms with Gasteiger partial charge < -0.3 is 29.4 Å². The van der Waals surface area contributed by atoms with E-state index in [2.05, 4.69) is 5.73 Å². The molecule has 0 aliphatic carbocycles. The van der Waals surface area contributed by atoms with Crippen LogP contribution in [0.1, 0.15) is 27.7 Å². The molecule has 5 atom stereocenters. The van der Waals surface area contributed by atoms with Crippen LogP contribution in [-0.4, -0.2) is 61.1 Å². The molecular weight excluding hydrogens is 326 g/mol. The van der Waals surface area contributed by atoms with Crippen molar-refractivity contribution in [3.63, 3.8) is 0 Å². The predicted octanol–water partition coefficient (Wildman–Crippen LogP) is -1.69. The molecule has 0 aromatic rings. The molecule has 1 aliphatic heterocycles. The van der Waals surface area contributed by atoms with Gasteiger partial charge in [0.15, 0.2) is 18.2 Å². The van der Waals surface area contributed by atoms with Crippen molar-refractivity contribution in [3.05, 3.63) is 0 Å². The highest BCUT2D eigenvalue weighted by Crippen LogP contribution is 2.25. The van der Waals surface area contributed by atoms with Crippen molar-refractivity contribution in [2.24, 2.45) is 0 Å². The molecule has 0 bridgehead atoms. The van der Waals surface area contributed by atoms with E-state index in [1.54, 1.807) is 0 Å². The summed E-state index contributed by atoms with van der Waals surface area (Å²) in [5.74, 6) is -2.50. The third kappa shape index (κ3) is 5.78. The molecule has 24 heavy (non-hydrogen) atoms. The summed E-state index contributed by atoms with van der Waals surface area (Å²) in [4.78, 5) is 45.0. The van der Waals surface area contributed by atoms with Crippen LogP contribution in [0.5, 0.6) is 0 Å². The van der Waals surface area contributed by atoms with Crippen LogP contribution in [0.25, 0.3) is 0 Å².